The molecule has 0 bridgehead atoms. The van der Waals surface area contributed by atoms with Gasteiger partial charge in [0, 0.05) is 0 Å². The summed E-state index contributed by atoms with van der Waals surface area (Å²) in [6.45, 7) is 4.77. The summed E-state index contributed by atoms with van der Waals surface area (Å²) in [7, 11) is 8.84. The van der Waals surface area contributed by atoms with Crippen molar-refractivity contribution >= 4 is 13.3 Å². The van der Waals surface area contributed by atoms with Crippen LogP contribution in [0.1, 0.15) is 13.8 Å². The molecule has 0 aromatic rings. The zero-order chi connectivity index (χ0) is 10.5. The molecule has 0 aliphatic heterocycles. The fourth-order valence-corrected chi connectivity index (χ4v) is 10.9. The summed E-state index contributed by atoms with van der Waals surface area (Å²) in [5, 5.41) is 5.66. The summed E-state index contributed by atoms with van der Waals surface area (Å²) in [6, 6.07) is 0. The van der Waals surface area contributed by atoms with Gasteiger partial charge in [-0.2, -0.15) is 0 Å². The Bertz CT molecular complexity index is 119. The van der Waals surface area contributed by atoms with Crippen LogP contribution in [0.2, 0.25) is 10.5 Å². The van der Waals surface area contributed by atoms with Crippen LogP contribution < -0.4 is 0 Å². The summed E-state index contributed by atoms with van der Waals surface area (Å²) in [6.07, 6.45) is 0. The third kappa shape index (κ3) is 5.03. The zero-order valence-electron chi connectivity index (χ0n) is 10.2. The predicted molar refractivity (Wildman–Crippen MR) is 63.8 cm³/mol. The zero-order valence-corrected chi connectivity index (χ0v) is 12.3. The fourth-order valence-electron chi connectivity index (χ4n) is 2.09. The Labute approximate surface area is 86.6 Å². The predicted octanol–water partition coefficient (Wildman–Crippen LogP) is 1.68. The molecule has 0 heterocycles. The molecule has 0 aromatic heterocycles. The minimum atomic E-state index is -1.54. The van der Waals surface area contributed by atoms with Gasteiger partial charge in [0.25, 0.3) is 0 Å². The van der Waals surface area contributed by atoms with E-state index in [0.29, 0.717) is 0 Å². The van der Waals surface area contributed by atoms with Gasteiger partial charge in [-0.1, -0.05) is 0 Å². The second kappa shape index (κ2) is 6.04. The van der Waals surface area contributed by atoms with Crippen LogP contribution in [0.25, 0.3) is 0 Å². The van der Waals surface area contributed by atoms with E-state index in [4.69, 9.17) is 0 Å². The van der Waals surface area contributed by atoms with Crippen molar-refractivity contribution in [3.8, 4) is 0 Å². The molecule has 80 valence electrons. The third-order valence-corrected chi connectivity index (χ3v) is 14.6. The molecule has 0 aliphatic rings. The second-order valence-electron chi connectivity index (χ2n) is 4.68. The standard InChI is InChI=1S/C10H26GeN2/c1-7-11(8-2,9-12(3)4)10-13(5)6/h7-10H2,1-6H3. The molecular weight excluding hydrogens is 221 g/mol. The Morgan fingerprint density at radius 3 is 1.23 bits per heavy atom. The van der Waals surface area contributed by atoms with Crippen LogP contribution >= 0.6 is 0 Å². The molecule has 0 atom stereocenters. The first-order valence-corrected chi connectivity index (χ1v) is 11.2. The summed E-state index contributed by atoms with van der Waals surface area (Å²) < 4.78 is 0. The van der Waals surface area contributed by atoms with Crippen LogP contribution in [0.4, 0.5) is 0 Å². The van der Waals surface area contributed by atoms with Crippen LogP contribution in [0, 0.1) is 0 Å². The van der Waals surface area contributed by atoms with Crippen molar-refractivity contribution in [2.45, 2.75) is 24.4 Å². The van der Waals surface area contributed by atoms with Crippen LogP contribution in [-0.4, -0.2) is 62.0 Å². The van der Waals surface area contributed by atoms with Crippen molar-refractivity contribution < 1.29 is 0 Å². The van der Waals surface area contributed by atoms with Gasteiger partial charge in [0.1, 0.15) is 0 Å². The van der Waals surface area contributed by atoms with Gasteiger partial charge < -0.3 is 0 Å². The topological polar surface area (TPSA) is 6.48 Å². The summed E-state index contributed by atoms with van der Waals surface area (Å²) in [5.41, 5.74) is 0. The maximum absolute atomic E-state index is 2.39. The Morgan fingerprint density at radius 1 is 0.769 bits per heavy atom. The van der Waals surface area contributed by atoms with E-state index in [-0.39, 0.29) is 0 Å². The minimum absolute atomic E-state index is 1.38. The van der Waals surface area contributed by atoms with E-state index in [1.165, 1.54) is 21.3 Å². The summed E-state index contributed by atoms with van der Waals surface area (Å²) >= 11 is -1.54. The summed E-state index contributed by atoms with van der Waals surface area (Å²) in [4.78, 5) is 4.77. The molecular formula is C10H26GeN2. The van der Waals surface area contributed by atoms with E-state index in [2.05, 4.69) is 51.8 Å². The molecule has 0 saturated heterocycles. The van der Waals surface area contributed by atoms with Crippen molar-refractivity contribution in [3.05, 3.63) is 0 Å². The Hall–Kier alpha value is 0.463. The molecule has 2 nitrogen and oxygen atoms in total. The van der Waals surface area contributed by atoms with Gasteiger partial charge in [0.05, 0.1) is 0 Å². The molecule has 0 amide bonds. The number of nitrogens with zero attached hydrogens (tertiary/aromatic N) is 2. The van der Waals surface area contributed by atoms with Crippen LogP contribution in [-0.2, 0) is 0 Å². The molecule has 3 heteroatoms. The van der Waals surface area contributed by atoms with Gasteiger partial charge in [0.15, 0.2) is 0 Å². The average molecular weight is 247 g/mol. The van der Waals surface area contributed by atoms with Crippen molar-refractivity contribution in [1.29, 1.82) is 0 Å². The molecule has 0 saturated carbocycles. The third-order valence-electron chi connectivity index (χ3n) is 2.80. The molecule has 0 N–H and O–H groups in total. The molecule has 0 unspecified atom stereocenters. The van der Waals surface area contributed by atoms with E-state index in [9.17, 15) is 0 Å². The molecule has 0 rings (SSSR count). The average Bonchev–Trinajstić information content (AvgIpc) is 2.01. The first kappa shape index (κ1) is 13.5. The normalized spacial score (nSPS) is 12.9. The number of hydrogen-bond acceptors (Lipinski definition) is 2. The van der Waals surface area contributed by atoms with Gasteiger partial charge in [-0.15, -0.1) is 0 Å². The van der Waals surface area contributed by atoms with Gasteiger partial charge in [-0.3, -0.25) is 0 Å². The van der Waals surface area contributed by atoms with Crippen molar-refractivity contribution in [2.75, 3.05) is 38.9 Å². The van der Waals surface area contributed by atoms with Gasteiger partial charge in [0.2, 0.25) is 0 Å². The van der Waals surface area contributed by atoms with E-state index in [0.717, 1.165) is 0 Å². The molecule has 0 spiro atoms. The number of hydrogen-bond donors (Lipinski definition) is 0. The SMILES string of the molecule is C[CH2][Ge]([CH2]C)([CH2]N(C)C)[CH2]N(C)C. The fraction of sp³-hybridized carbons (Fsp3) is 1.00. The van der Waals surface area contributed by atoms with Gasteiger partial charge in [-0.05, 0) is 0 Å². The monoisotopic (exact) mass is 248 g/mol. The Morgan fingerprint density at radius 2 is 1.08 bits per heavy atom. The Kier molecular flexibility index (Phi) is 6.26. The van der Waals surface area contributed by atoms with E-state index in [1.807, 2.05) is 0 Å². The van der Waals surface area contributed by atoms with Crippen LogP contribution in [0.15, 0.2) is 0 Å². The van der Waals surface area contributed by atoms with E-state index >= 15 is 0 Å². The molecule has 0 fully saturated rings. The van der Waals surface area contributed by atoms with Gasteiger partial charge in [-0.25, -0.2) is 0 Å². The van der Waals surface area contributed by atoms with Crippen molar-refractivity contribution in [2.24, 2.45) is 0 Å². The quantitative estimate of drug-likeness (QED) is 0.659. The molecule has 0 aliphatic carbocycles. The Balaban J connectivity index is 4.30. The molecule has 0 radical (unpaired) electrons. The van der Waals surface area contributed by atoms with E-state index < -0.39 is 13.3 Å². The van der Waals surface area contributed by atoms with Crippen molar-refractivity contribution in [3.63, 3.8) is 0 Å². The van der Waals surface area contributed by atoms with Crippen LogP contribution in [0.3, 0.4) is 0 Å². The van der Waals surface area contributed by atoms with Crippen LogP contribution in [0.5, 0.6) is 0 Å². The van der Waals surface area contributed by atoms with Crippen molar-refractivity contribution in [1.82, 2.24) is 9.80 Å². The molecule has 0 aromatic carbocycles. The van der Waals surface area contributed by atoms with E-state index in [1.54, 1.807) is 0 Å². The summed E-state index contributed by atoms with van der Waals surface area (Å²) in [5.74, 6) is 0. The number of rotatable bonds is 6. The first-order valence-electron chi connectivity index (χ1n) is 5.25. The van der Waals surface area contributed by atoms with Gasteiger partial charge >= 0.3 is 86.4 Å². The first-order chi connectivity index (χ1) is 5.95. The molecule has 13 heavy (non-hydrogen) atoms. The maximum atomic E-state index is 2.39. The second-order valence-corrected chi connectivity index (χ2v) is 15.3.